The average molecular weight is 283 g/mol. The van der Waals surface area contributed by atoms with Crippen LogP contribution in [0.4, 0.5) is 4.39 Å². The molecular formula is C16H20ClFO. The first kappa shape index (κ1) is 15.9. The van der Waals surface area contributed by atoms with Crippen LogP contribution >= 0.6 is 11.6 Å². The Balaban J connectivity index is 2.64. The standard InChI is InChI=1S/C16H20ClFO/c1-13(2)6-5-11-19-16-9-8-15(18)12-14(16)7-3-4-10-17/h8-9,12-13H,4-6,10-11H2,1-2H3. The average Bonchev–Trinajstić information content (AvgIpc) is 2.36. The summed E-state index contributed by atoms with van der Waals surface area (Å²) in [4.78, 5) is 0. The predicted octanol–water partition coefficient (Wildman–Crippen LogP) is 4.62. The van der Waals surface area contributed by atoms with Crippen LogP contribution in [0, 0.1) is 23.6 Å². The van der Waals surface area contributed by atoms with Crippen LogP contribution in [0.2, 0.25) is 0 Å². The molecule has 1 nitrogen and oxygen atoms in total. The minimum Gasteiger partial charge on any atom is -0.492 e. The first-order valence-corrected chi connectivity index (χ1v) is 7.14. The molecule has 0 spiro atoms. The third kappa shape index (κ3) is 6.50. The lowest BCUT2D eigenvalue weighted by atomic mass is 10.1. The molecule has 0 atom stereocenters. The summed E-state index contributed by atoms with van der Waals surface area (Å²) in [6.07, 6.45) is 2.70. The van der Waals surface area contributed by atoms with E-state index in [9.17, 15) is 4.39 Å². The summed E-state index contributed by atoms with van der Waals surface area (Å²) in [7, 11) is 0. The smallest absolute Gasteiger partial charge is 0.135 e. The van der Waals surface area contributed by atoms with Gasteiger partial charge < -0.3 is 4.74 Å². The molecule has 1 aromatic carbocycles. The second kappa shape index (κ2) is 8.82. The molecule has 104 valence electrons. The summed E-state index contributed by atoms with van der Waals surface area (Å²) in [6.45, 7) is 5.00. The molecule has 0 saturated carbocycles. The number of hydrogen-bond donors (Lipinski definition) is 0. The maximum Gasteiger partial charge on any atom is 0.135 e. The lowest BCUT2D eigenvalue weighted by molar-refractivity contribution is 0.296. The van der Waals surface area contributed by atoms with E-state index in [0.29, 0.717) is 36.1 Å². The molecule has 1 aromatic rings. The normalized spacial score (nSPS) is 10.2. The third-order valence-corrected chi connectivity index (χ3v) is 2.76. The van der Waals surface area contributed by atoms with E-state index < -0.39 is 0 Å². The summed E-state index contributed by atoms with van der Waals surface area (Å²) in [5.41, 5.74) is 0.592. The van der Waals surface area contributed by atoms with E-state index >= 15 is 0 Å². The van der Waals surface area contributed by atoms with Gasteiger partial charge in [-0.3, -0.25) is 0 Å². The van der Waals surface area contributed by atoms with Gasteiger partial charge in [0.2, 0.25) is 0 Å². The van der Waals surface area contributed by atoms with Crippen molar-refractivity contribution in [2.24, 2.45) is 5.92 Å². The highest BCUT2D eigenvalue weighted by atomic mass is 35.5. The van der Waals surface area contributed by atoms with E-state index in [1.165, 1.54) is 12.1 Å². The van der Waals surface area contributed by atoms with Gasteiger partial charge in [0.05, 0.1) is 12.2 Å². The van der Waals surface area contributed by atoms with Gasteiger partial charge in [0.25, 0.3) is 0 Å². The highest BCUT2D eigenvalue weighted by molar-refractivity contribution is 6.18. The minimum atomic E-state index is -0.301. The highest BCUT2D eigenvalue weighted by Crippen LogP contribution is 2.19. The summed E-state index contributed by atoms with van der Waals surface area (Å²) >= 11 is 5.56. The van der Waals surface area contributed by atoms with E-state index in [4.69, 9.17) is 16.3 Å². The predicted molar refractivity (Wildman–Crippen MR) is 78.2 cm³/mol. The van der Waals surface area contributed by atoms with Crippen molar-refractivity contribution in [2.75, 3.05) is 12.5 Å². The lowest BCUT2D eigenvalue weighted by Crippen LogP contribution is -2.01. The quantitative estimate of drug-likeness (QED) is 0.420. The molecule has 19 heavy (non-hydrogen) atoms. The first-order chi connectivity index (χ1) is 9.13. The molecule has 0 amide bonds. The summed E-state index contributed by atoms with van der Waals surface area (Å²) < 4.78 is 18.9. The van der Waals surface area contributed by atoms with Crippen LogP contribution in [0.1, 0.15) is 38.7 Å². The Labute approximate surface area is 120 Å². The number of rotatable bonds is 6. The Bertz CT molecular complexity index is 446. The van der Waals surface area contributed by atoms with Crippen molar-refractivity contribution in [3.8, 4) is 17.6 Å². The van der Waals surface area contributed by atoms with Gasteiger partial charge in [-0.2, -0.15) is 0 Å². The molecule has 0 saturated heterocycles. The van der Waals surface area contributed by atoms with Crippen LogP contribution in [-0.2, 0) is 0 Å². The van der Waals surface area contributed by atoms with Crippen molar-refractivity contribution in [2.45, 2.75) is 33.1 Å². The number of benzene rings is 1. The molecular weight excluding hydrogens is 263 g/mol. The Morgan fingerprint density at radius 1 is 1.37 bits per heavy atom. The van der Waals surface area contributed by atoms with Crippen LogP contribution in [-0.4, -0.2) is 12.5 Å². The first-order valence-electron chi connectivity index (χ1n) is 6.60. The highest BCUT2D eigenvalue weighted by Gasteiger charge is 2.03. The Morgan fingerprint density at radius 3 is 2.84 bits per heavy atom. The molecule has 0 aliphatic rings. The number of alkyl halides is 1. The Kier molecular flexibility index (Phi) is 7.36. The number of halogens is 2. The molecule has 0 N–H and O–H groups in total. The monoisotopic (exact) mass is 282 g/mol. The lowest BCUT2D eigenvalue weighted by Gasteiger charge is -2.09. The zero-order chi connectivity index (χ0) is 14.1. The van der Waals surface area contributed by atoms with Crippen LogP contribution < -0.4 is 4.74 Å². The van der Waals surface area contributed by atoms with E-state index in [1.807, 2.05) is 0 Å². The van der Waals surface area contributed by atoms with Gasteiger partial charge in [0.1, 0.15) is 11.6 Å². The third-order valence-electron chi connectivity index (χ3n) is 2.57. The summed E-state index contributed by atoms with van der Waals surface area (Å²) in [5.74, 6) is 7.29. The second-order valence-electron chi connectivity index (χ2n) is 4.77. The van der Waals surface area contributed by atoms with Crippen molar-refractivity contribution < 1.29 is 9.13 Å². The topological polar surface area (TPSA) is 9.23 Å². The van der Waals surface area contributed by atoms with E-state index in [-0.39, 0.29) is 5.82 Å². The van der Waals surface area contributed by atoms with Crippen molar-refractivity contribution in [1.29, 1.82) is 0 Å². The molecule has 0 aromatic heterocycles. The number of hydrogen-bond acceptors (Lipinski definition) is 1. The molecule has 0 fully saturated rings. The summed E-state index contributed by atoms with van der Waals surface area (Å²) in [5, 5.41) is 0. The van der Waals surface area contributed by atoms with Gasteiger partial charge in [-0.05, 0) is 37.0 Å². The van der Waals surface area contributed by atoms with E-state index in [2.05, 4.69) is 25.7 Å². The van der Waals surface area contributed by atoms with Crippen LogP contribution in [0.15, 0.2) is 18.2 Å². The van der Waals surface area contributed by atoms with Crippen LogP contribution in [0.5, 0.6) is 5.75 Å². The molecule has 0 bridgehead atoms. The molecule has 0 aliphatic heterocycles. The van der Waals surface area contributed by atoms with Crippen molar-refractivity contribution >= 4 is 11.6 Å². The molecule has 3 heteroatoms. The number of ether oxygens (including phenoxy) is 1. The van der Waals surface area contributed by atoms with Crippen LogP contribution in [0.25, 0.3) is 0 Å². The maximum absolute atomic E-state index is 13.2. The van der Waals surface area contributed by atoms with Gasteiger partial charge in [0, 0.05) is 12.3 Å². The minimum absolute atomic E-state index is 0.301. The van der Waals surface area contributed by atoms with Gasteiger partial charge >= 0.3 is 0 Å². The fourth-order valence-electron chi connectivity index (χ4n) is 1.60. The van der Waals surface area contributed by atoms with Gasteiger partial charge in [-0.25, -0.2) is 4.39 Å². The van der Waals surface area contributed by atoms with Gasteiger partial charge in [-0.1, -0.05) is 25.7 Å². The Morgan fingerprint density at radius 2 is 2.16 bits per heavy atom. The maximum atomic E-state index is 13.2. The van der Waals surface area contributed by atoms with Crippen LogP contribution in [0.3, 0.4) is 0 Å². The zero-order valence-electron chi connectivity index (χ0n) is 11.5. The summed E-state index contributed by atoms with van der Waals surface area (Å²) in [6, 6.07) is 4.43. The zero-order valence-corrected chi connectivity index (χ0v) is 12.3. The molecule has 0 radical (unpaired) electrons. The molecule has 0 aliphatic carbocycles. The fraction of sp³-hybridized carbons (Fsp3) is 0.500. The van der Waals surface area contributed by atoms with Crippen molar-refractivity contribution in [3.63, 3.8) is 0 Å². The van der Waals surface area contributed by atoms with Crippen molar-refractivity contribution in [3.05, 3.63) is 29.6 Å². The largest absolute Gasteiger partial charge is 0.492 e. The van der Waals surface area contributed by atoms with Crippen molar-refractivity contribution in [1.82, 2.24) is 0 Å². The second-order valence-corrected chi connectivity index (χ2v) is 5.14. The van der Waals surface area contributed by atoms with Gasteiger partial charge in [-0.15, -0.1) is 11.6 Å². The van der Waals surface area contributed by atoms with Gasteiger partial charge in [0.15, 0.2) is 0 Å². The Hall–Kier alpha value is -1.20. The molecule has 1 rings (SSSR count). The van der Waals surface area contributed by atoms with E-state index in [1.54, 1.807) is 6.07 Å². The molecule has 0 heterocycles. The molecule has 0 unspecified atom stereocenters. The fourth-order valence-corrected chi connectivity index (χ4v) is 1.70. The van der Waals surface area contributed by atoms with E-state index in [0.717, 1.165) is 12.8 Å². The SMILES string of the molecule is CC(C)CCCOc1ccc(F)cc1C#CCCCl.